The summed E-state index contributed by atoms with van der Waals surface area (Å²) in [6.07, 6.45) is 0.329. The second-order valence-corrected chi connectivity index (χ2v) is 12.7. The smallest absolute Gasteiger partial charge is 0.251 e. The summed E-state index contributed by atoms with van der Waals surface area (Å²) in [5, 5.41) is 20.4. The number of carbonyl (C=O) groups excluding carboxylic acids is 1. The maximum absolute atomic E-state index is 14.0. The van der Waals surface area contributed by atoms with Crippen molar-refractivity contribution in [3.05, 3.63) is 89.0 Å². The average Bonchev–Trinajstić information content (AvgIpc) is 2.96. The van der Waals surface area contributed by atoms with E-state index in [4.69, 9.17) is 4.74 Å². The van der Waals surface area contributed by atoms with Gasteiger partial charge in [0.25, 0.3) is 5.91 Å². The molecule has 0 aromatic heterocycles. The second kappa shape index (κ2) is 16.3. The van der Waals surface area contributed by atoms with Crippen molar-refractivity contribution in [1.29, 1.82) is 0 Å². The molecule has 1 fully saturated rings. The Morgan fingerprint density at radius 2 is 1.80 bits per heavy atom. The number of benzene rings is 3. The first-order valence-corrected chi connectivity index (χ1v) is 16.0. The summed E-state index contributed by atoms with van der Waals surface area (Å²) in [4.78, 5) is 13.6. The number of ether oxygens (including phenoxy) is 1. The Bertz CT molecular complexity index is 1380. The molecule has 0 unspecified atom stereocenters. The third-order valence-electron chi connectivity index (χ3n) is 7.21. The number of halogens is 3. The zero-order chi connectivity index (χ0) is 31.0. The second-order valence-electron chi connectivity index (χ2n) is 10.6. The number of hydrogen-bond donors (Lipinski definition) is 6. The fourth-order valence-corrected chi connectivity index (χ4v) is 6.78. The van der Waals surface area contributed by atoms with E-state index in [2.05, 4.69) is 16.0 Å². The first kappa shape index (κ1) is 35.4. The Labute approximate surface area is 264 Å². The van der Waals surface area contributed by atoms with Gasteiger partial charge < -0.3 is 25.8 Å². The Balaban J connectivity index is 0.00000529. The molecule has 2 atom stereocenters. The number of carbonyl (C=O) groups is 1. The highest BCUT2D eigenvalue weighted by atomic mass is 35.5. The standard InChI is InChI=1S/C31H40F2N4O5S.ClH/c1-3-35-26-15-23(16-27(18-26)37-9-4-5-10-43(37,40)41)31(39)36-29(14-22-11-24(32)17-25(33)12-22)30(38)20-34-19-21-7-6-8-28(13-21)42-2;/h6-8,11-13,15-18,29-30,34-35,38,40-41H,3-5,9-10,14,19-20H2,1-2H3,(H,36,39);1H/t29-,30-;/m0./s1. The van der Waals surface area contributed by atoms with Crippen LogP contribution in [0.3, 0.4) is 0 Å². The number of hydrogen-bond acceptors (Lipinski definition) is 8. The zero-order valence-electron chi connectivity index (χ0n) is 24.8. The number of anilines is 2. The molecule has 4 rings (SSSR count). The van der Waals surface area contributed by atoms with Crippen LogP contribution in [-0.4, -0.2) is 64.8 Å². The van der Waals surface area contributed by atoms with Gasteiger partial charge in [0.1, 0.15) is 17.4 Å². The van der Waals surface area contributed by atoms with Crippen LogP contribution in [0.15, 0.2) is 60.7 Å². The van der Waals surface area contributed by atoms with Crippen LogP contribution in [0.5, 0.6) is 5.75 Å². The number of nitrogens with one attached hydrogen (secondary N) is 3. The maximum atomic E-state index is 14.0. The monoisotopic (exact) mass is 654 g/mol. The molecule has 0 saturated carbocycles. The van der Waals surface area contributed by atoms with Crippen LogP contribution in [0.2, 0.25) is 0 Å². The predicted molar refractivity (Wildman–Crippen MR) is 174 cm³/mol. The lowest BCUT2D eigenvalue weighted by Gasteiger charge is -2.47. The van der Waals surface area contributed by atoms with E-state index in [-0.39, 0.29) is 42.3 Å². The van der Waals surface area contributed by atoms with Crippen molar-refractivity contribution in [2.24, 2.45) is 0 Å². The van der Waals surface area contributed by atoms with Crippen LogP contribution in [0.4, 0.5) is 20.2 Å². The number of aliphatic hydroxyl groups is 1. The molecule has 1 aliphatic rings. The quantitative estimate of drug-likeness (QED) is 0.141. The number of aliphatic hydroxyl groups excluding tert-OH is 1. The molecule has 0 aliphatic carbocycles. The lowest BCUT2D eigenvalue weighted by molar-refractivity contribution is 0.0830. The first-order valence-electron chi connectivity index (χ1n) is 14.3. The highest BCUT2D eigenvalue weighted by Crippen LogP contribution is 2.50. The Morgan fingerprint density at radius 1 is 1.05 bits per heavy atom. The van der Waals surface area contributed by atoms with E-state index in [0.29, 0.717) is 43.2 Å². The molecule has 242 valence electrons. The summed E-state index contributed by atoms with van der Waals surface area (Å²) in [5.41, 5.74) is 2.55. The summed E-state index contributed by atoms with van der Waals surface area (Å²) in [5.74, 6) is -1.09. The van der Waals surface area contributed by atoms with Gasteiger partial charge in [-0.3, -0.25) is 18.2 Å². The van der Waals surface area contributed by atoms with Crippen molar-refractivity contribution in [1.82, 2.24) is 10.6 Å². The molecule has 0 spiro atoms. The molecule has 1 saturated heterocycles. The molecule has 3 aromatic carbocycles. The predicted octanol–water partition coefficient (Wildman–Crippen LogP) is 5.58. The minimum Gasteiger partial charge on any atom is -0.497 e. The molecule has 6 N–H and O–H groups in total. The SMILES string of the molecule is CCNc1cc(C(=O)N[C@@H](Cc2cc(F)cc(F)c2)[C@@H](O)CNCc2cccc(OC)c2)cc(N2CCCCS2(O)O)c1.Cl. The zero-order valence-corrected chi connectivity index (χ0v) is 26.4. The molecular weight excluding hydrogens is 614 g/mol. The first-order chi connectivity index (χ1) is 20.6. The van der Waals surface area contributed by atoms with Gasteiger partial charge >= 0.3 is 0 Å². The fraction of sp³-hybridized carbons (Fsp3) is 0.387. The van der Waals surface area contributed by atoms with Gasteiger partial charge in [0.15, 0.2) is 0 Å². The summed E-state index contributed by atoms with van der Waals surface area (Å²) in [6.45, 7) is 3.41. The molecular formula is C31H41ClF2N4O5S. The third kappa shape index (κ3) is 9.68. The van der Waals surface area contributed by atoms with Gasteiger partial charge in [-0.2, -0.15) is 0 Å². The van der Waals surface area contributed by atoms with Gasteiger partial charge in [0.05, 0.1) is 30.7 Å². The van der Waals surface area contributed by atoms with Crippen LogP contribution < -0.4 is 25.0 Å². The van der Waals surface area contributed by atoms with E-state index >= 15 is 0 Å². The molecule has 44 heavy (non-hydrogen) atoms. The van der Waals surface area contributed by atoms with E-state index in [1.807, 2.05) is 31.2 Å². The third-order valence-corrected chi connectivity index (χ3v) is 9.14. The van der Waals surface area contributed by atoms with Crippen LogP contribution in [0, 0.1) is 11.6 Å². The van der Waals surface area contributed by atoms with E-state index in [1.54, 1.807) is 29.6 Å². The van der Waals surface area contributed by atoms with Crippen molar-refractivity contribution in [3.8, 4) is 5.75 Å². The van der Waals surface area contributed by atoms with Crippen molar-refractivity contribution < 1.29 is 32.5 Å². The Hall–Kier alpha value is -3.13. The number of rotatable bonds is 13. The summed E-state index contributed by atoms with van der Waals surface area (Å²) in [7, 11) is -1.45. The van der Waals surface area contributed by atoms with E-state index < -0.39 is 40.5 Å². The summed E-state index contributed by atoms with van der Waals surface area (Å²) >= 11 is 0. The molecule has 3 aromatic rings. The molecule has 0 radical (unpaired) electrons. The summed E-state index contributed by atoms with van der Waals surface area (Å²) < 4.78 is 56.2. The number of nitrogens with zero attached hydrogens (tertiary/aromatic N) is 1. The molecule has 1 heterocycles. The van der Waals surface area contributed by atoms with Crippen LogP contribution in [-0.2, 0) is 13.0 Å². The Kier molecular flexibility index (Phi) is 13.1. The molecule has 1 aliphatic heterocycles. The summed E-state index contributed by atoms with van der Waals surface area (Å²) in [6, 6.07) is 14.6. The van der Waals surface area contributed by atoms with E-state index in [0.717, 1.165) is 18.1 Å². The fourth-order valence-electron chi connectivity index (χ4n) is 5.10. The van der Waals surface area contributed by atoms with Gasteiger partial charge in [0.2, 0.25) is 0 Å². The van der Waals surface area contributed by atoms with Gasteiger partial charge in [-0.05, 0) is 79.8 Å². The minimum atomic E-state index is -3.03. The van der Waals surface area contributed by atoms with Crippen molar-refractivity contribution in [2.45, 2.75) is 44.9 Å². The number of methoxy groups -OCH3 is 1. The van der Waals surface area contributed by atoms with Gasteiger partial charge in [-0.25, -0.2) is 8.78 Å². The lowest BCUT2D eigenvalue weighted by Crippen LogP contribution is -2.48. The minimum absolute atomic E-state index is 0. The largest absolute Gasteiger partial charge is 0.497 e. The highest BCUT2D eigenvalue weighted by molar-refractivity contribution is 8.25. The Morgan fingerprint density at radius 3 is 2.48 bits per heavy atom. The van der Waals surface area contributed by atoms with Crippen LogP contribution in [0.1, 0.15) is 41.3 Å². The van der Waals surface area contributed by atoms with E-state index in [9.17, 15) is 27.8 Å². The lowest BCUT2D eigenvalue weighted by atomic mass is 9.99. The van der Waals surface area contributed by atoms with Gasteiger partial charge in [-0.15, -0.1) is 23.2 Å². The molecule has 1 amide bonds. The van der Waals surface area contributed by atoms with Gasteiger partial charge in [0, 0.05) is 43.5 Å². The van der Waals surface area contributed by atoms with Crippen LogP contribution >= 0.6 is 23.2 Å². The van der Waals surface area contributed by atoms with E-state index in [1.165, 1.54) is 12.1 Å². The maximum Gasteiger partial charge on any atom is 0.251 e. The van der Waals surface area contributed by atoms with Crippen molar-refractivity contribution in [2.75, 3.05) is 42.1 Å². The average molecular weight is 655 g/mol. The normalized spacial score (nSPS) is 16.3. The highest BCUT2D eigenvalue weighted by Gasteiger charge is 2.29. The molecule has 9 nitrogen and oxygen atoms in total. The molecule has 13 heteroatoms. The topological polar surface area (TPSA) is 126 Å². The van der Waals surface area contributed by atoms with Crippen LogP contribution in [0.25, 0.3) is 0 Å². The molecule has 0 bridgehead atoms. The van der Waals surface area contributed by atoms with Crippen molar-refractivity contribution in [3.63, 3.8) is 0 Å². The van der Waals surface area contributed by atoms with Crippen molar-refractivity contribution >= 4 is 40.5 Å². The van der Waals surface area contributed by atoms with Gasteiger partial charge in [-0.1, -0.05) is 12.1 Å². The number of amides is 1.